The van der Waals surface area contributed by atoms with Crippen LogP contribution in [0, 0.1) is 0 Å². The van der Waals surface area contributed by atoms with Crippen LogP contribution in [0.2, 0.25) is 0 Å². The molecular weight excluding hydrogens is 232 g/mol. The molecule has 0 spiro atoms. The van der Waals surface area contributed by atoms with Gasteiger partial charge in [0.05, 0.1) is 0 Å². The van der Waals surface area contributed by atoms with Crippen LogP contribution in [-0.2, 0) is 4.74 Å². The van der Waals surface area contributed by atoms with Gasteiger partial charge in [0.15, 0.2) is 0 Å². The first-order valence-electron chi connectivity index (χ1n) is 6.91. The molecule has 1 rings (SSSR count). The first-order chi connectivity index (χ1) is 8.26. The second-order valence-electron chi connectivity index (χ2n) is 4.64. The summed E-state index contributed by atoms with van der Waals surface area (Å²) in [5, 5.41) is 3.91. The van der Waals surface area contributed by atoms with Crippen molar-refractivity contribution in [2.24, 2.45) is 0 Å². The quantitative estimate of drug-likeness (QED) is 0.740. The Bertz CT molecular complexity index is 213. The molecule has 3 nitrogen and oxygen atoms in total. The molecule has 0 bridgehead atoms. The zero-order valence-electron chi connectivity index (χ0n) is 11.2. The molecule has 0 unspecified atom stereocenters. The molecule has 0 saturated heterocycles. The fraction of sp³-hybridized carbons (Fsp3) is 0.923. The fourth-order valence-corrected chi connectivity index (χ4v) is 2.51. The molecular formula is C13H26N2OS. The zero-order chi connectivity index (χ0) is 12.5. The molecule has 1 N–H and O–H groups in total. The Labute approximate surface area is 111 Å². The average Bonchev–Trinajstić information content (AvgIpc) is 2.36. The van der Waals surface area contributed by atoms with Crippen molar-refractivity contribution in [3.8, 4) is 0 Å². The molecule has 17 heavy (non-hydrogen) atoms. The number of thiocarbonyl (C=S) groups is 1. The first-order valence-corrected chi connectivity index (χ1v) is 7.32. The average molecular weight is 258 g/mol. The molecule has 1 saturated carbocycles. The van der Waals surface area contributed by atoms with Gasteiger partial charge in [0.25, 0.3) is 5.17 Å². The van der Waals surface area contributed by atoms with Crippen molar-refractivity contribution in [2.75, 3.05) is 26.2 Å². The topological polar surface area (TPSA) is 24.5 Å². The lowest BCUT2D eigenvalue weighted by Gasteiger charge is -2.24. The Morgan fingerprint density at radius 2 is 1.88 bits per heavy atom. The maximum atomic E-state index is 5.56. The van der Waals surface area contributed by atoms with Gasteiger partial charge >= 0.3 is 0 Å². The summed E-state index contributed by atoms with van der Waals surface area (Å²) < 4.78 is 5.56. The highest BCUT2D eigenvalue weighted by Gasteiger charge is 2.14. The van der Waals surface area contributed by atoms with Crippen LogP contribution in [0.15, 0.2) is 0 Å². The summed E-state index contributed by atoms with van der Waals surface area (Å²) in [5.74, 6) is 0. The predicted molar refractivity (Wildman–Crippen MR) is 76.3 cm³/mol. The van der Waals surface area contributed by atoms with Crippen LogP contribution in [0.25, 0.3) is 0 Å². The highest BCUT2D eigenvalue weighted by atomic mass is 32.1. The highest BCUT2D eigenvalue weighted by molar-refractivity contribution is 7.80. The van der Waals surface area contributed by atoms with Gasteiger partial charge in [-0.1, -0.05) is 33.1 Å². The third kappa shape index (κ3) is 6.22. The monoisotopic (exact) mass is 258 g/mol. The second-order valence-corrected chi connectivity index (χ2v) is 5.01. The van der Waals surface area contributed by atoms with Crippen LogP contribution in [0.1, 0.15) is 46.0 Å². The van der Waals surface area contributed by atoms with E-state index in [0.717, 1.165) is 19.6 Å². The number of rotatable bonds is 6. The lowest BCUT2D eigenvalue weighted by molar-refractivity contribution is 0.210. The largest absolute Gasteiger partial charge is 0.470 e. The van der Waals surface area contributed by atoms with E-state index in [4.69, 9.17) is 17.0 Å². The number of nitrogens with zero attached hydrogens (tertiary/aromatic N) is 1. The normalized spacial score (nSPS) is 17.1. The third-order valence-corrected chi connectivity index (χ3v) is 3.70. The molecule has 0 amide bonds. The molecule has 0 heterocycles. The van der Waals surface area contributed by atoms with E-state index >= 15 is 0 Å². The predicted octanol–water partition coefficient (Wildman–Crippen LogP) is 2.55. The van der Waals surface area contributed by atoms with E-state index in [1.54, 1.807) is 0 Å². The van der Waals surface area contributed by atoms with E-state index in [9.17, 15) is 0 Å². The second kappa shape index (κ2) is 8.70. The van der Waals surface area contributed by atoms with Gasteiger partial charge in [0.2, 0.25) is 0 Å². The Hall–Kier alpha value is -0.350. The molecule has 100 valence electrons. The summed E-state index contributed by atoms with van der Waals surface area (Å²) >= 11 is 5.21. The van der Waals surface area contributed by atoms with Crippen LogP contribution in [0.5, 0.6) is 0 Å². The van der Waals surface area contributed by atoms with Gasteiger partial charge in [-0.05, 0) is 38.1 Å². The van der Waals surface area contributed by atoms with E-state index < -0.39 is 0 Å². The Balaban J connectivity index is 2.07. The number of hydrogen-bond acceptors (Lipinski definition) is 3. The van der Waals surface area contributed by atoms with Crippen molar-refractivity contribution in [3.05, 3.63) is 0 Å². The lowest BCUT2D eigenvalue weighted by Crippen LogP contribution is -2.37. The van der Waals surface area contributed by atoms with Crippen molar-refractivity contribution < 1.29 is 4.74 Å². The number of hydrogen-bond donors (Lipinski definition) is 1. The van der Waals surface area contributed by atoms with Gasteiger partial charge in [0.1, 0.15) is 6.61 Å². The molecule has 0 aromatic heterocycles. The summed E-state index contributed by atoms with van der Waals surface area (Å²) in [4.78, 5) is 2.34. The number of likely N-dealkylation sites (N-methyl/N-ethyl adjacent to an activating group) is 1. The van der Waals surface area contributed by atoms with Crippen molar-refractivity contribution >= 4 is 17.4 Å². The summed E-state index contributed by atoms with van der Waals surface area (Å²) in [6.07, 6.45) is 6.48. The molecule has 0 aromatic rings. The van der Waals surface area contributed by atoms with Gasteiger partial charge in [-0.25, -0.2) is 0 Å². The van der Waals surface area contributed by atoms with Crippen LogP contribution < -0.4 is 5.32 Å². The Kier molecular flexibility index (Phi) is 7.53. The molecule has 1 aliphatic carbocycles. The van der Waals surface area contributed by atoms with E-state index in [1.807, 2.05) is 0 Å². The first kappa shape index (κ1) is 14.7. The Morgan fingerprint density at radius 3 is 2.47 bits per heavy atom. The molecule has 0 radical (unpaired) electrons. The maximum absolute atomic E-state index is 5.56. The fourth-order valence-electron chi connectivity index (χ4n) is 2.26. The molecule has 0 aliphatic heterocycles. The summed E-state index contributed by atoms with van der Waals surface area (Å²) in [6.45, 7) is 8.13. The van der Waals surface area contributed by atoms with Crippen LogP contribution in [0.4, 0.5) is 0 Å². The van der Waals surface area contributed by atoms with Crippen LogP contribution in [0.3, 0.4) is 0 Å². The van der Waals surface area contributed by atoms with Crippen molar-refractivity contribution in [1.82, 2.24) is 10.2 Å². The van der Waals surface area contributed by atoms with E-state index in [1.165, 1.54) is 32.1 Å². The van der Waals surface area contributed by atoms with Gasteiger partial charge < -0.3 is 15.0 Å². The van der Waals surface area contributed by atoms with E-state index in [2.05, 4.69) is 24.1 Å². The van der Waals surface area contributed by atoms with E-state index in [0.29, 0.717) is 17.8 Å². The molecule has 0 aromatic carbocycles. The molecule has 0 atom stereocenters. The van der Waals surface area contributed by atoms with E-state index in [-0.39, 0.29) is 0 Å². The minimum atomic E-state index is 0.546. The van der Waals surface area contributed by atoms with Crippen LogP contribution in [-0.4, -0.2) is 42.4 Å². The van der Waals surface area contributed by atoms with Gasteiger partial charge in [-0.3, -0.25) is 0 Å². The van der Waals surface area contributed by atoms with Crippen LogP contribution >= 0.6 is 12.2 Å². The summed E-state index contributed by atoms with van der Waals surface area (Å²) in [7, 11) is 0. The molecule has 1 fully saturated rings. The standard InChI is InChI=1S/C13H26N2OS/c1-3-15(4-2)10-11-16-13(17)14-12-8-6-5-7-9-12/h12H,3-11H2,1-2H3,(H,14,17). The number of ether oxygens (including phenoxy) is 1. The third-order valence-electron chi connectivity index (χ3n) is 3.46. The summed E-state index contributed by atoms with van der Waals surface area (Å²) in [6, 6.07) is 0.546. The highest BCUT2D eigenvalue weighted by Crippen LogP contribution is 2.17. The minimum absolute atomic E-state index is 0.546. The zero-order valence-corrected chi connectivity index (χ0v) is 12.0. The van der Waals surface area contributed by atoms with Crippen molar-refractivity contribution in [1.29, 1.82) is 0 Å². The number of nitrogens with one attached hydrogen (secondary N) is 1. The smallest absolute Gasteiger partial charge is 0.256 e. The summed E-state index contributed by atoms with van der Waals surface area (Å²) in [5.41, 5.74) is 0. The van der Waals surface area contributed by atoms with Gasteiger partial charge in [-0.2, -0.15) is 0 Å². The van der Waals surface area contributed by atoms with Crippen molar-refractivity contribution in [3.63, 3.8) is 0 Å². The maximum Gasteiger partial charge on any atom is 0.256 e. The SMILES string of the molecule is CCN(CC)CCOC(=S)NC1CCCCC1. The molecule has 1 aliphatic rings. The Morgan fingerprint density at radius 1 is 1.24 bits per heavy atom. The lowest BCUT2D eigenvalue weighted by atomic mass is 9.96. The van der Waals surface area contributed by atoms with Gasteiger partial charge in [0, 0.05) is 12.6 Å². The molecule has 4 heteroatoms. The van der Waals surface area contributed by atoms with Crippen molar-refractivity contribution in [2.45, 2.75) is 52.0 Å². The van der Waals surface area contributed by atoms with Gasteiger partial charge in [-0.15, -0.1) is 0 Å². The minimum Gasteiger partial charge on any atom is -0.470 e.